The number of Topliss-reactive ketones (excluding diaryl/α,β-unsaturated/α-hetero) is 1. The maximum absolute atomic E-state index is 11.4. The molecule has 0 N–H and O–H groups in total. The molecule has 0 bridgehead atoms. The largest absolute Gasteiger partial charge is 0.299 e. The van der Waals surface area contributed by atoms with Gasteiger partial charge in [-0.2, -0.15) is 0 Å². The van der Waals surface area contributed by atoms with Crippen molar-refractivity contribution in [3.8, 4) is 0 Å². The fraction of sp³-hybridized carbons (Fsp3) is 0.700. The predicted octanol–water partition coefficient (Wildman–Crippen LogP) is 2.57. The van der Waals surface area contributed by atoms with Crippen molar-refractivity contribution in [2.45, 2.75) is 33.6 Å². The van der Waals surface area contributed by atoms with Crippen LogP contribution in [0.15, 0.2) is 12.2 Å². The van der Waals surface area contributed by atoms with Crippen molar-refractivity contribution in [3.63, 3.8) is 0 Å². The summed E-state index contributed by atoms with van der Waals surface area (Å²) in [7, 11) is 0. The van der Waals surface area contributed by atoms with Crippen LogP contribution in [0.1, 0.15) is 33.6 Å². The third-order valence-electron chi connectivity index (χ3n) is 2.64. The molecule has 11 heavy (non-hydrogen) atoms. The molecule has 1 aliphatic rings. The van der Waals surface area contributed by atoms with Crippen molar-refractivity contribution < 1.29 is 4.79 Å². The highest BCUT2D eigenvalue weighted by molar-refractivity contribution is 5.86. The molecule has 0 spiro atoms. The summed E-state index contributed by atoms with van der Waals surface area (Å²) in [4.78, 5) is 11.4. The highest BCUT2D eigenvalue weighted by Gasteiger charge is 2.38. The van der Waals surface area contributed by atoms with Crippen molar-refractivity contribution >= 4 is 5.78 Å². The monoisotopic (exact) mass is 152 g/mol. The van der Waals surface area contributed by atoms with E-state index in [9.17, 15) is 4.79 Å². The van der Waals surface area contributed by atoms with Gasteiger partial charge in [-0.25, -0.2) is 0 Å². The third-order valence-corrected chi connectivity index (χ3v) is 2.64. The van der Waals surface area contributed by atoms with Gasteiger partial charge in [-0.3, -0.25) is 4.79 Å². The molecule has 0 aliphatic heterocycles. The van der Waals surface area contributed by atoms with E-state index in [1.807, 2.05) is 20.8 Å². The van der Waals surface area contributed by atoms with Crippen molar-refractivity contribution in [1.82, 2.24) is 0 Å². The van der Waals surface area contributed by atoms with Crippen LogP contribution in [-0.4, -0.2) is 5.78 Å². The molecule has 1 rings (SSSR count). The number of ketones is 1. The van der Waals surface area contributed by atoms with Gasteiger partial charge in [0.25, 0.3) is 0 Å². The second-order valence-corrected chi connectivity index (χ2v) is 4.26. The molecule has 1 fully saturated rings. The zero-order chi connectivity index (χ0) is 8.65. The van der Waals surface area contributed by atoms with Gasteiger partial charge in [-0.05, 0) is 19.3 Å². The highest BCUT2D eigenvalue weighted by Crippen LogP contribution is 2.40. The van der Waals surface area contributed by atoms with Crippen molar-refractivity contribution in [2.75, 3.05) is 0 Å². The van der Waals surface area contributed by atoms with Gasteiger partial charge in [-0.15, -0.1) is 0 Å². The first-order valence-electron chi connectivity index (χ1n) is 4.12. The molecular weight excluding hydrogens is 136 g/mol. The average molecular weight is 152 g/mol. The van der Waals surface area contributed by atoms with Crippen molar-refractivity contribution in [1.29, 1.82) is 0 Å². The lowest BCUT2D eigenvalue weighted by Gasteiger charge is -2.14. The Balaban J connectivity index is 2.72. The Morgan fingerprint density at radius 1 is 1.64 bits per heavy atom. The molecule has 1 heteroatoms. The quantitative estimate of drug-likeness (QED) is 0.528. The minimum Gasteiger partial charge on any atom is -0.299 e. The molecular formula is C10H16O. The summed E-state index contributed by atoms with van der Waals surface area (Å²) in [6, 6.07) is 0. The lowest BCUT2D eigenvalue weighted by molar-refractivity contribution is -0.124. The van der Waals surface area contributed by atoms with E-state index in [0.717, 1.165) is 12.0 Å². The molecule has 0 heterocycles. The summed E-state index contributed by atoms with van der Waals surface area (Å²) >= 11 is 0. The first kappa shape index (κ1) is 8.51. The number of carbonyl (C=O) groups is 1. The van der Waals surface area contributed by atoms with E-state index >= 15 is 0 Å². The Kier molecular flexibility index (Phi) is 1.91. The number of hydrogen-bond acceptors (Lipinski definition) is 1. The van der Waals surface area contributed by atoms with Gasteiger partial charge in [-0.1, -0.05) is 26.0 Å². The smallest absolute Gasteiger partial charge is 0.139 e. The SMILES string of the molecule is C=C(C)C1CC(=O)C(C)(C)C1. The minimum absolute atomic E-state index is 0.0936. The lowest BCUT2D eigenvalue weighted by atomic mass is 9.88. The number of carbonyl (C=O) groups excluding carboxylic acids is 1. The molecule has 0 aromatic rings. The molecule has 62 valence electrons. The van der Waals surface area contributed by atoms with Crippen molar-refractivity contribution in [3.05, 3.63) is 12.2 Å². The van der Waals surface area contributed by atoms with Gasteiger partial charge in [0.05, 0.1) is 0 Å². The van der Waals surface area contributed by atoms with Crippen LogP contribution in [0.3, 0.4) is 0 Å². The van der Waals surface area contributed by atoms with Crippen LogP contribution < -0.4 is 0 Å². The summed E-state index contributed by atoms with van der Waals surface area (Å²) in [6.45, 7) is 9.95. The van der Waals surface area contributed by atoms with E-state index in [1.165, 1.54) is 0 Å². The van der Waals surface area contributed by atoms with Crippen molar-refractivity contribution in [2.24, 2.45) is 11.3 Å². The van der Waals surface area contributed by atoms with Crippen LogP contribution in [-0.2, 0) is 4.79 Å². The van der Waals surface area contributed by atoms with Gasteiger partial charge < -0.3 is 0 Å². The Morgan fingerprint density at radius 2 is 2.18 bits per heavy atom. The van der Waals surface area contributed by atoms with Gasteiger partial charge in [0.2, 0.25) is 0 Å². The summed E-state index contributed by atoms with van der Waals surface area (Å²) < 4.78 is 0. The standard InChI is InChI=1S/C10H16O/c1-7(2)8-5-9(11)10(3,4)6-8/h8H,1,5-6H2,2-4H3. The maximum Gasteiger partial charge on any atom is 0.139 e. The van der Waals surface area contributed by atoms with Crippen LogP contribution in [0.4, 0.5) is 0 Å². The number of allylic oxidation sites excluding steroid dienone is 1. The summed E-state index contributed by atoms with van der Waals surface area (Å²) in [6.07, 6.45) is 1.70. The molecule has 1 nitrogen and oxygen atoms in total. The Bertz CT molecular complexity index is 201. The number of rotatable bonds is 1. The predicted molar refractivity (Wildman–Crippen MR) is 46.3 cm³/mol. The second-order valence-electron chi connectivity index (χ2n) is 4.26. The van der Waals surface area contributed by atoms with Crippen LogP contribution >= 0.6 is 0 Å². The fourth-order valence-corrected chi connectivity index (χ4v) is 1.65. The number of hydrogen-bond donors (Lipinski definition) is 0. The molecule has 0 aromatic carbocycles. The topological polar surface area (TPSA) is 17.1 Å². The lowest BCUT2D eigenvalue weighted by Crippen LogP contribution is -2.15. The molecule has 1 atom stereocenters. The van der Waals surface area contributed by atoms with E-state index in [0.29, 0.717) is 18.1 Å². The van der Waals surface area contributed by atoms with E-state index < -0.39 is 0 Å². The van der Waals surface area contributed by atoms with E-state index in [4.69, 9.17) is 0 Å². The molecule has 0 aromatic heterocycles. The first-order chi connectivity index (χ1) is 4.93. The molecule has 0 radical (unpaired) electrons. The Labute approximate surface area is 68.5 Å². The summed E-state index contributed by atoms with van der Waals surface area (Å²) in [5.41, 5.74) is 1.06. The van der Waals surface area contributed by atoms with Crippen LogP contribution in [0.5, 0.6) is 0 Å². The first-order valence-corrected chi connectivity index (χ1v) is 4.12. The van der Waals surface area contributed by atoms with E-state index in [2.05, 4.69) is 6.58 Å². The molecule has 0 saturated heterocycles. The van der Waals surface area contributed by atoms with E-state index in [-0.39, 0.29) is 5.41 Å². The van der Waals surface area contributed by atoms with Gasteiger partial charge in [0, 0.05) is 11.8 Å². The van der Waals surface area contributed by atoms with E-state index in [1.54, 1.807) is 0 Å². The van der Waals surface area contributed by atoms with Gasteiger partial charge in [0.1, 0.15) is 5.78 Å². The van der Waals surface area contributed by atoms with Gasteiger partial charge >= 0.3 is 0 Å². The van der Waals surface area contributed by atoms with Gasteiger partial charge in [0.15, 0.2) is 0 Å². The zero-order valence-electron chi connectivity index (χ0n) is 7.61. The minimum atomic E-state index is -0.0936. The molecule has 1 aliphatic carbocycles. The highest BCUT2D eigenvalue weighted by atomic mass is 16.1. The Morgan fingerprint density at radius 3 is 2.36 bits per heavy atom. The van der Waals surface area contributed by atoms with Crippen LogP contribution in [0, 0.1) is 11.3 Å². The molecule has 0 amide bonds. The second kappa shape index (κ2) is 2.47. The third kappa shape index (κ3) is 1.52. The molecule has 1 saturated carbocycles. The van der Waals surface area contributed by atoms with Crippen LogP contribution in [0.25, 0.3) is 0 Å². The Hall–Kier alpha value is -0.590. The fourth-order valence-electron chi connectivity index (χ4n) is 1.65. The normalized spacial score (nSPS) is 29.0. The zero-order valence-corrected chi connectivity index (χ0v) is 7.61. The average Bonchev–Trinajstić information content (AvgIpc) is 2.08. The summed E-state index contributed by atoms with van der Waals surface area (Å²) in [5.74, 6) is 0.836. The molecule has 1 unspecified atom stereocenters. The summed E-state index contributed by atoms with van der Waals surface area (Å²) in [5, 5.41) is 0. The maximum atomic E-state index is 11.4. The van der Waals surface area contributed by atoms with Crippen LogP contribution in [0.2, 0.25) is 0 Å².